The van der Waals surface area contributed by atoms with Crippen molar-refractivity contribution in [3.8, 4) is 6.07 Å². The standard InChI is InChI=1S/C14H18N3O2P/c1-2-19-20(18,12-7-4-3-5-8-12)13(11-15)14-16-9-6-10-17-14/h3-5,7-8,16-17H,2,6,9-10H2,1H3/t20-/m0/s1. The van der Waals surface area contributed by atoms with Crippen LogP contribution in [0.5, 0.6) is 0 Å². The van der Waals surface area contributed by atoms with Gasteiger partial charge in [-0.2, -0.15) is 5.26 Å². The molecule has 6 heteroatoms. The van der Waals surface area contributed by atoms with Crippen LogP contribution in [0.4, 0.5) is 0 Å². The minimum absolute atomic E-state index is 0.158. The van der Waals surface area contributed by atoms with Gasteiger partial charge in [-0.1, -0.05) is 18.2 Å². The third-order valence-corrected chi connectivity index (χ3v) is 5.51. The Hall–Kier alpha value is -1.76. The zero-order valence-electron chi connectivity index (χ0n) is 11.4. The maximum Gasteiger partial charge on any atom is 0.275 e. The van der Waals surface area contributed by atoms with E-state index in [2.05, 4.69) is 16.7 Å². The van der Waals surface area contributed by atoms with Crippen LogP contribution in [0.2, 0.25) is 0 Å². The van der Waals surface area contributed by atoms with Crippen LogP contribution >= 0.6 is 7.37 Å². The molecule has 1 fully saturated rings. The van der Waals surface area contributed by atoms with E-state index in [0.717, 1.165) is 19.5 Å². The molecule has 1 aromatic carbocycles. The molecule has 0 spiro atoms. The summed E-state index contributed by atoms with van der Waals surface area (Å²) in [4.78, 5) is 0. The SMILES string of the molecule is CCO[P@](=O)(C(C#N)=C1NCCCN1)c1ccccc1. The Morgan fingerprint density at radius 2 is 2.00 bits per heavy atom. The van der Waals surface area contributed by atoms with Crippen molar-refractivity contribution in [2.45, 2.75) is 13.3 Å². The number of hydrogen-bond acceptors (Lipinski definition) is 5. The van der Waals surface area contributed by atoms with Crippen LogP contribution < -0.4 is 15.9 Å². The van der Waals surface area contributed by atoms with E-state index in [0.29, 0.717) is 11.1 Å². The van der Waals surface area contributed by atoms with Gasteiger partial charge in [-0.25, -0.2) is 0 Å². The average Bonchev–Trinajstić information content (AvgIpc) is 2.50. The quantitative estimate of drug-likeness (QED) is 0.654. The largest absolute Gasteiger partial charge is 0.371 e. The van der Waals surface area contributed by atoms with Crippen molar-refractivity contribution in [1.82, 2.24) is 10.6 Å². The Morgan fingerprint density at radius 3 is 2.55 bits per heavy atom. The smallest absolute Gasteiger partial charge is 0.275 e. The molecule has 0 saturated carbocycles. The molecule has 1 aliphatic heterocycles. The summed E-state index contributed by atoms with van der Waals surface area (Å²) in [6, 6.07) is 11.0. The minimum Gasteiger partial charge on any atom is -0.371 e. The second kappa shape index (κ2) is 6.60. The van der Waals surface area contributed by atoms with Crippen LogP contribution in [0.3, 0.4) is 0 Å². The lowest BCUT2D eigenvalue weighted by molar-refractivity contribution is 0.345. The molecule has 1 aliphatic rings. The van der Waals surface area contributed by atoms with E-state index in [1.807, 2.05) is 6.07 Å². The highest BCUT2D eigenvalue weighted by molar-refractivity contribution is 7.71. The Balaban J connectivity index is 2.51. The fourth-order valence-corrected chi connectivity index (χ4v) is 4.14. The summed E-state index contributed by atoms with van der Waals surface area (Å²) >= 11 is 0. The second-order valence-corrected chi connectivity index (χ2v) is 6.67. The molecule has 0 amide bonds. The van der Waals surface area contributed by atoms with Gasteiger partial charge in [0.15, 0.2) is 5.31 Å². The highest BCUT2D eigenvalue weighted by atomic mass is 31.2. The van der Waals surface area contributed by atoms with Gasteiger partial charge < -0.3 is 15.2 Å². The molecule has 2 N–H and O–H groups in total. The van der Waals surface area contributed by atoms with Crippen molar-refractivity contribution >= 4 is 12.7 Å². The summed E-state index contributed by atoms with van der Waals surface area (Å²) < 4.78 is 18.8. The number of nitrogens with zero attached hydrogens (tertiary/aromatic N) is 1. The Labute approximate surface area is 119 Å². The van der Waals surface area contributed by atoms with Crippen molar-refractivity contribution in [1.29, 1.82) is 5.26 Å². The molecule has 0 aliphatic carbocycles. The van der Waals surface area contributed by atoms with Crippen molar-refractivity contribution in [3.63, 3.8) is 0 Å². The first kappa shape index (κ1) is 14.6. The Bertz CT molecular complexity index is 570. The highest BCUT2D eigenvalue weighted by Crippen LogP contribution is 2.54. The van der Waals surface area contributed by atoms with E-state index < -0.39 is 7.37 Å². The lowest BCUT2D eigenvalue weighted by Gasteiger charge is -2.24. The van der Waals surface area contributed by atoms with Gasteiger partial charge in [-0.05, 0) is 25.5 Å². The molecule has 1 aromatic rings. The summed E-state index contributed by atoms with van der Waals surface area (Å²) in [6.45, 7) is 3.57. The zero-order valence-corrected chi connectivity index (χ0v) is 12.3. The average molecular weight is 291 g/mol. The molecule has 106 valence electrons. The molecule has 1 atom stereocenters. The van der Waals surface area contributed by atoms with Gasteiger partial charge in [0.2, 0.25) is 0 Å². The molecule has 0 radical (unpaired) electrons. The summed E-state index contributed by atoms with van der Waals surface area (Å²) in [5.41, 5.74) is 0. The Morgan fingerprint density at radius 1 is 1.35 bits per heavy atom. The minimum atomic E-state index is -3.36. The molecule has 0 unspecified atom stereocenters. The molecular formula is C14H18N3O2P. The zero-order chi connectivity index (χ0) is 14.4. The van der Waals surface area contributed by atoms with Gasteiger partial charge in [0.05, 0.1) is 6.61 Å². The lowest BCUT2D eigenvalue weighted by Crippen LogP contribution is -2.36. The number of nitrogens with one attached hydrogen (secondary N) is 2. The van der Waals surface area contributed by atoms with Gasteiger partial charge in [-0.15, -0.1) is 0 Å². The third kappa shape index (κ3) is 2.87. The van der Waals surface area contributed by atoms with Gasteiger partial charge in [0.25, 0.3) is 7.37 Å². The van der Waals surface area contributed by atoms with E-state index in [9.17, 15) is 9.83 Å². The van der Waals surface area contributed by atoms with Crippen LogP contribution in [-0.4, -0.2) is 19.7 Å². The predicted molar refractivity (Wildman–Crippen MR) is 78.6 cm³/mol. The first-order valence-electron chi connectivity index (χ1n) is 6.65. The van der Waals surface area contributed by atoms with E-state index in [1.54, 1.807) is 31.2 Å². The molecule has 20 heavy (non-hydrogen) atoms. The summed E-state index contributed by atoms with van der Waals surface area (Å²) in [5, 5.41) is 16.4. The maximum absolute atomic E-state index is 13.3. The number of allylic oxidation sites excluding steroid dienone is 1. The topological polar surface area (TPSA) is 74.2 Å². The number of rotatable bonds is 4. The van der Waals surface area contributed by atoms with Gasteiger partial charge in [0.1, 0.15) is 11.9 Å². The van der Waals surface area contributed by atoms with Gasteiger partial charge in [-0.3, -0.25) is 4.57 Å². The molecular weight excluding hydrogens is 273 g/mol. The van der Waals surface area contributed by atoms with Crippen LogP contribution in [0, 0.1) is 11.3 Å². The highest BCUT2D eigenvalue weighted by Gasteiger charge is 2.34. The Kier molecular flexibility index (Phi) is 4.84. The maximum atomic E-state index is 13.3. The van der Waals surface area contributed by atoms with Crippen molar-refractivity contribution in [2.24, 2.45) is 0 Å². The monoisotopic (exact) mass is 291 g/mol. The van der Waals surface area contributed by atoms with Crippen LogP contribution in [0.25, 0.3) is 0 Å². The molecule has 1 heterocycles. The van der Waals surface area contributed by atoms with E-state index in [4.69, 9.17) is 4.52 Å². The van der Waals surface area contributed by atoms with Gasteiger partial charge in [0, 0.05) is 18.4 Å². The first-order chi connectivity index (χ1) is 9.72. The molecule has 0 bridgehead atoms. The first-order valence-corrected chi connectivity index (χ1v) is 8.27. The number of hydrogen-bond donors (Lipinski definition) is 2. The molecule has 1 saturated heterocycles. The fourth-order valence-electron chi connectivity index (χ4n) is 2.09. The van der Waals surface area contributed by atoms with Crippen molar-refractivity contribution in [3.05, 3.63) is 41.5 Å². The number of nitriles is 1. The van der Waals surface area contributed by atoms with Gasteiger partial charge >= 0.3 is 0 Å². The summed E-state index contributed by atoms with van der Waals surface area (Å²) in [7, 11) is -3.36. The molecule has 2 rings (SSSR count). The lowest BCUT2D eigenvalue weighted by atomic mass is 10.3. The van der Waals surface area contributed by atoms with Crippen molar-refractivity contribution in [2.75, 3.05) is 19.7 Å². The molecule has 0 aromatic heterocycles. The fraction of sp³-hybridized carbons (Fsp3) is 0.357. The third-order valence-electron chi connectivity index (χ3n) is 3.00. The molecule has 5 nitrogen and oxygen atoms in total. The summed E-state index contributed by atoms with van der Waals surface area (Å²) in [5.74, 6) is 0.527. The normalized spacial score (nSPS) is 17.3. The second-order valence-electron chi connectivity index (χ2n) is 4.35. The summed E-state index contributed by atoms with van der Waals surface area (Å²) in [6.07, 6.45) is 0.965. The van der Waals surface area contributed by atoms with Crippen LogP contribution in [-0.2, 0) is 9.09 Å². The van der Waals surface area contributed by atoms with E-state index >= 15 is 0 Å². The van der Waals surface area contributed by atoms with E-state index in [-0.39, 0.29) is 11.9 Å². The van der Waals surface area contributed by atoms with Crippen molar-refractivity contribution < 1.29 is 9.09 Å². The van der Waals surface area contributed by atoms with Crippen LogP contribution in [0.1, 0.15) is 13.3 Å². The van der Waals surface area contributed by atoms with Crippen LogP contribution in [0.15, 0.2) is 41.5 Å². The van der Waals surface area contributed by atoms with E-state index in [1.165, 1.54) is 0 Å². The number of benzene rings is 1. The predicted octanol–water partition coefficient (Wildman–Crippen LogP) is 1.90.